The third-order valence-corrected chi connectivity index (χ3v) is 4.36. The van der Waals surface area contributed by atoms with Crippen molar-refractivity contribution in [1.82, 2.24) is 0 Å². The molecule has 0 atom stereocenters. The van der Waals surface area contributed by atoms with E-state index >= 15 is 0 Å². The number of amides is 1. The molecule has 0 unspecified atom stereocenters. The molecule has 8 heteroatoms. The number of anilines is 3. The quantitative estimate of drug-likeness (QED) is 0.381. The highest BCUT2D eigenvalue weighted by Gasteiger charge is 2.15. The minimum atomic E-state index is -0.481. The molecule has 0 spiro atoms. The van der Waals surface area contributed by atoms with Crippen LogP contribution in [-0.2, 0) is 4.79 Å². The van der Waals surface area contributed by atoms with Gasteiger partial charge in [-0.25, -0.2) is 4.39 Å². The SMILES string of the molecule is CC(=O)Nc1cc(Nc2ccc(Br)cc2[N+](=O)[O-])cc(-c2ccc(F)cc2)c1. The molecule has 28 heavy (non-hydrogen) atoms. The molecule has 0 aromatic heterocycles. The average Bonchev–Trinajstić information content (AvgIpc) is 2.63. The Hall–Kier alpha value is -3.26. The van der Waals surface area contributed by atoms with Crippen LogP contribution in [0.3, 0.4) is 0 Å². The van der Waals surface area contributed by atoms with Gasteiger partial charge < -0.3 is 10.6 Å². The van der Waals surface area contributed by atoms with E-state index in [-0.39, 0.29) is 17.4 Å². The van der Waals surface area contributed by atoms with Gasteiger partial charge in [0.25, 0.3) is 5.69 Å². The van der Waals surface area contributed by atoms with Crippen LogP contribution in [0.15, 0.2) is 65.1 Å². The fraction of sp³-hybridized carbons (Fsp3) is 0.0500. The van der Waals surface area contributed by atoms with Gasteiger partial charge in [0.2, 0.25) is 5.91 Å². The number of carbonyl (C=O) groups is 1. The van der Waals surface area contributed by atoms with Gasteiger partial charge in [-0.3, -0.25) is 14.9 Å². The van der Waals surface area contributed by atoms with Crippen molar-refractivity contribution in [3.8, 4) is 11.1 Å². The van der Waals surface area contributed by atoms with Crippen LogP contribution in [0.5, 0.6) is 0 Å². The number of halogens is 2. The van der Waals surface area contributed by atoms with Gasteiger partial charge in [-0.15, -0.1) is 0 Å². The number of nitro benzene ring substituents is 1. The molecule has 0 fully saturated rings. The van der Waals surface area contributed by atoms with Gasteiger partial charge in [0.05, 0.1) is 4.92 Å². The highest BCUT2D eigenvalue weighted by Crippen LogP contribution is 2.33. The normalized spacial score (nSPS) is 10.4. The van der Waals surface area contributed by atoms with Crippen LogP contribution in [0.4, 0.5) is 27.1 Å². The highest BCUT2D eigenvalue weighted by atomic mass is 79.9. The molecule has 0 bridgehead atoms. The molecule has 0 aliphatic heterocycles. The minimum absolute atomic E-state index is 0.0948. The molecule has 0 saturated heterocycles. The fourth-order valence-electron chi connectivity index (χ4n) is 2.70. The van der Waals surface area contributed by atoms with Crippen LogP contribution in [0.25, 0.3) is 11.1 Å². The molecule has 1 amide bonds. The van der Waals surface area contributed by atoms with Crippen LogP contribution in [0.1, 0.15) is 6.92 Å². The van der Waals surface area contributed by atoms with Crippen molar-refractivity contribution in [2.75, 3.05) is 10.6 Å². The summed E-state index contributed by atoms with van der Waals surface area (Å²) in [5, 5.41) is 17.1. The lowest BCUT2D eigenvalue weighted by atomic mass is 10.0. The summed E-state index contributed by atoms with van der Waals surface area (Å²) < 4.78 is 13.8. The third kappa shape index (κ3) is 4.72. The molecule has 6 nitrogen and oxygen atoms in total. The van der Waals surface area contributed by atoms with Crippen molar-refractivity contribution < 1.29 is 14.1 Å². The number of hydrogen-bond donors (Lipinski definition) is 2. The zero-order valence-corrected chi connectivity index (χ0v) is 16.3. The Morgan fingerprint density at radius 2 is 1.68 bits per heavy atom. The van der Waals surface area contributed by atoms with Crippen LogP contribution in [0.2, 0.25) is 0 Å². The standard InChI is InChI=1S/C20H15BrFN3O3/c1-12(26)23-17-8-14(13-2-5-16(22)6-3-13)9-18(11-17)24-19-7-4-15(21)10-20(19)25(27)28/h2-11,24H,1H3,(H,23,26). The zero-order valence-electron chi connectivity index (χ0n) is 14.7. The summed E-state index contributed by atoms with van der Waals surface area (Å²) in [6, 6.07) is 15.8. The number of rotatable bonds is 5. The maximum atomic E-state index is 13.2. The van der Waals surface area contributed by atoms with Crippen LogP contribution >= 0.6 is 15.9 Å². The van der Waals surface area contributed by atoms with E-state index in [0.29, 0.717) is 27.1 Å². The van der Waals surface area contributed by atoms with E-state index in [1.807, 2.05) is 0 Å². The van der Waals surface area contributed by atoms with E-state index in [1.165, 1.54) is 25.1 Å². The lowest BCUT2D eigenvalue weighted by molar-refractivity contribution is -0.384. The molecule has 0 heterocycles. The van der Waals surface area contributed by atoms with Gasteiger partial charge >= 0.3 is 0 Å². The van der Waals surface area contributed by atoms with Gasteiger partial charge in [0, 0.05) is 28.8 Å². The molecule has 3 aromatic carbocycles. The molecule has 2 N–H and O–H groups in total. The summed E-state index contributed by atoms with van der Waals surface area (Å²) in [6.07, 6.45) is 0. The van der Waals surface area contributed by atoms with Gasteiger partial charge in [0.15, 0.2) is 0 Å². The second kappa shape index (κ2) is 8.18. The topological polar surface area (TPSA) is 84.3 Å². The van der Waals surface area contributed by atoms with E-state index < -0.39 is 4.92 Å². The highest BCUT2D eigenvalue weighted by molar-refractivity contribution is 9.10. The third-order valence-electron chi connectivity index (χ3n) is 3.87. The van der Waals surface area contributed by atoms with Crippen molar-refractivity contribution >= 4 is 44.6 Å². The van der Waals surface area contributed by atoms with Crippen molar-refractivity contribution in [3.05, 3.63) is 81.1 Å². The molecule has 0 aliphatic rings. The predicted octanol–water partition coefficient (Wildman–Crippen LogP) is 5.87. The Labute approximate surface area is 168 Å². The van der Waals surface area contributed by atoms with Crippen LogP contribution in [-0.4, -0.2) is 10.8 Å². The first-order valence-electron chi connectivity index (χ1n) is 8.21. The summed E-state index contributed by atoms with van der Waals surface area (Å²) in [7, 11) is 0. The molecule has 0 saturated carbocycles. The molecule has 142 valence electrons. The lowest BCUT2D eigenvalue weighted by Crippen LogP contribution is -2.06. The summed E-state index contributed by atoms with van der Waals surface area (Å²) in [5.74, 6) is -0.609. The van der Waals surface area contributed by atoms with Crippen LogP contribution in [0, 0.1) is 15.9 Å². The largest absolute Gasteiger partial charge is 0.350 e. The molecular formula is C20H15BrFN3O3. The monoisotopic (exact) mass is 443 g/mol. The Bertz CT molecular complexity index is 1060. The van der Waals surface area contributed by atoms with Crippen molar-refractivity contribution in [3.63, 3.8) is 0 Å². The molecule has 0 aliphatic carbocycles. The first-order valence-corrected chi connectivity index (χ1v) is 9.01. The van der Waals surface area contributed by atoms with E-state index in [2.05, 4.69) is 26.6 Å². The Morgan fingerprint density at radius 3 is 2.32 bits per heavy atom. The number of hydrogen-bond acceptors (Lipinski definition) is 4. The van der Waals surface area contributed by atoms with E-state index in [9.17, 15) is 19.3 Å². The van der Waals surface area contributed by atoms with Gasteiger partial charge in [-0.1, -0.05) is 28.1 Å². The lowest BCUT2D eigenvalue weighted by Gasteiger charge is -2.13. The molecule has 3 aromatic rings. The maximum absolute atomic E-state index is 13.2. The average molecular weight is 444 g/mol. The summed E-state index contributed by atoms with van der Waals surface area (Å²) in [6.45, 7) is 1.39. The zero-order chi connectivity index (χ0) is 20.3. The minimum Gasteiger partial charge on any atom is -0.350 e. The fourth-order valence-corrected chi connectivity index (χ4v) is 3.05. The summed E-state index contributed by atoms with van der Waals surface area (Å²) >= 11 is 3.23. The number of nitrogens with one attached hydrogen (secondary N) is 2. The Morgan fingerprint density at radius 1 is 1.00 bits per heavy atom. The van der Waals surface area contributed by atoms with Gasteiger partial charge in [-0.05, 0) is 53.6 Å². The second-order valence-electron chi connectivity index (χ2n) is 6.03. The predicted molar refractivity (Wildman–Crippen MR) is 110 cm³/mol. The Kier molecular flexibility index (Phi) is 5.70. The summed E-state index contributed by atoms with van der Waals surface area (Å²) in [4.78, 5) is 22.3. The van der Waals surface area contributed by atoms with Gasteiger partial charge in [-0.2, -0.15) is 0 Å². The first kappa shape index (κ1) is 19.5. The molecule has 3 rings (SSSR count). The number of carbonyl (C=O) groups excluding carboxylic acids is 1. The van der Waals surface area contributed by atoms with Crippen LogP contribution < -0.4 is 10.6 Å². The van der Waals surface area contributed by atoms with E-state index in [1.54, 1.807) is 42.5 Å². The molecule has 0 radical (unpaired) electrons. The number of nitro groups is 1. The summed E-state index contributed by atoms with van der Waals surface area (Å²) in [5.41, 5.74) is 2.71. The maximum Gasteiger partial charge on any atom is 0.293 e. The van der Waals surface area contributed by atoms with Crippen molar-refractivity contribution in [1.29, 1.82) is 0 Å². The van der Waals surface area contributed by atoms with Gasteiger partial charge in [0.1, 0.15) is 11.5 Å². The van der Waals surface area contributed by atoms with E-state index in [4.69, 9.17) is 0 Å². The number of benzene rings is 3. The smallest absolute Gasteiger partial charge is 0.293 e. The number of nitrogens with zero attached hydrogens (tertiary/aromatic N) is 1. The van der Waals surface area contributed by atoms with Crippen molar-refractivity contribution in [2.24, 2.45) is 0 Å². The van der Waals surface area contributed by atoms with Crippen molar-refractivity contribution in [2.45, 2.75) is 6.92 Å². The van der Waals surface area contributed by atoms with E-state index in [0.717, 1.165) is 5.56 Å². The second-order valence-corrected chi connectivity index (χ2v) is 6.95. The Balaban J connectivity index is 2.05. The molecular weight excluding hydrogens is 429 g/mol. The first-order chi connectivity index (χ1) is 13.3.